The summed E-state index contributed by atoms with van der Waals surface area (Å²) in [5, 5.41) is 5.47. The number of aromatic nitrogens is 1. The molecule has 3 heteroatoms. The zero-order chi connectivity index (χ0) is 24.2. The van der Waals surface area contributed by atoms with Gasteiger partial charge in [-0.3, -0.25) is 0 Å². The Morgan fingerprint density at radius 3 is 1.79 bits per heavy atom. The van der Waals surface area contributed by atoms with Crippen LogP contribution in [0, 0.1) is 13.8 Å². The van der Waals surface area contributed by atoms with Crippen LogP contribution in [-0.4, -0.2) is 16.0 Å². The lowest BCUT2D eigenvalue weighted by Gasteiger charge is -2.23. The van der Waals surface area contributed by atoms with Crippen LogP contribution in [0.1, 0.15) is 94.3 Å². The molecule has 3 rings (SSSR count). The zero-order valence-corrected chi connectivity index (χ0v) is 21.9. The Hall–Kier alpha value is -2.68. The van der Waals surface area contributed by atoms with Crippen molar-refractivity contribution in [3.05, 3.63) is 88.7 Å². The molecule has 0 spiro atoms. The summed E-state index contributed by atoms with van der Waals surface area (Å²) in [6.45, 7) is 18.9. The van der Waals surface area contributed by atoms with Gasteiger partial charge >= 0.3 is 0 Å². The molecule has 0 saturated carbocycles. The van der Waals surface area contributed by atoms with Crippen molar-refractivity contribution in [1.82, 2.24) is 4.68 Å². The molecule has 2 aromatic carbocycles. The Morgan fingerprint density at radius 2 is 1.30 bits per heavy atom. The lowest BCUT2D eigenvalue weighted by molar-refractivity contribution is -0.651. The molecule has 3 nitrogen and oxygen atoms in total. The molecule has 2 unspecified atom stereocenters. The van der Waals surface area contributed by atoms with Gasteiger partial charge in [0.1, 0.15) is 5.69 Å². The maximum Gasteiger partial charge on any atom is 0.210 e. The van der Waals surface area contributed by atoms with Crippen molar-refractivity contribution in [2.75, 3.05) is 6.54 Å². The first-order valence-electron chi connectivity index (χ1n) is 12.5. The SMILES string of the molecule is CCC(C)c1cccc(C(C)CC)c1N=[N+](CC(C)(C)c1ccccc1)n1c(C)ccc1C. The Balaban J connectivity index is 2.25. The fourth-order valence-corrected chi connectivity index (χ4v) is 4.56. The summed E-state index contributed by atoms with van der Waals surface area (Å²) in [6.07, 6.45) is 2.20. The van der Waals surface area contributed by atoms with Crippen LogP contribution in [0.5, 0.6) is 0 Å². The van der Waals surface area contributed by atoms with E-state index in [1.165, 1.54) is 28.1 Å². The van der Waals surface area contributed by atoms with Crippen LogP contribution in [0.2, 0.25) is 0 Å². The Bertz CT molecular complexity index is 1040. The number of rotatable bonds is 9. The maximum absolute atomic E-state index is 5.47. The molecule has 0 amide bonds. The molecule has 176 valence electrons. The summed E-state index contributed by atoms with van der Waals surface area (Å²) in [6, 6.07) is 21.9. The summed E-state index contributed by atoms with van der Waals surface area (Å²) in [7, 11) is 0. The van der Waals surface area contributed by atoms with Gasteiger partial charge in [0.2, 0.25) is 6.54 Å². The first-order valence-corrected chi connectivity index (χ1v) is 12.5. The van der Waals surface area contributed by atoms with Gasteiger partial charge in [-0.1, -0.05) is 76.2 Å². The molecule has 3 aromatic rings. The quantitative estimate of drug-likeness (QED) is 0.232. The molecular weight excluding hydrogens is 402 g/mol. The zero-order valence-electron chi connectivity index (χ0n) is 21.9. The largest absolute Gasteiger partial charge is 0.210 e. The van der Waals surface area contributed by atoms with Gasteiger partial charge < -0.3 is 0 Å². The van der Waals surface area contributed by atoms with Crippen molar-refractivity contribution in [1.29, 1.82) is 0 Å². The van der Waals surface area contributed by atoms with E-state index in [-0.39, 0.29) is 5.41 Å². The van der Waals surface area contributed by atoms with Crippen LogP contribution in [0.3, 0.4) is 0 Å². The molecule has 0 fully saturated rings. The van der Waals surface area contributed by atoms with Crippen molar-refractivity contribution in [2.45, 2.75) is 85.5 Å². The van der Waals surface area contributed by atoms with Gasteiger partial charge in [0.25, 0.3) is 0 Å². The smallest absolute Gasteiger partial charge is 0.106 e. The minimum Gasteiger partial charge on any atom is -0.106 e. The van der Waals surface area contributed by atoms with E-state index in [1.54, 1.807) is 0 Å². The minimum atomic E-state index is -0.0736. The van der Waals surface area contributed by atoms with Crippen molar-refractivity contribution in [2.24, 2.45) is 5.11 Å². The maximum atomic E-state index is 5.47. The molecule has 0 radical (unpaired) electrons. The average Bonchev–Trinajstić information content (AvgIpc) is 3.15. The average molecular weight is 445 g/mol. The Labute approximate surface area is 201 Å². The number of hydrogen-bond donors (Lipinski definition) is 0. The van der Waals surface area contributed by atoms with Crippen LogP contribution >= 0.6 is 0 Å². The third kappa shape index (κ3) is 5.46. The predicted molar refractivity (Wildman–Crippen MR) is 140 cm³/mol. The molecule has 0 bridgehead atoms. The Kier molecular flexibility index (Phi) is 7.94. The molecule has 1 aromatic heterocycles. The third-order valence-corrected chi connectivity index (χ3v) is 7.16. The van der Waals surface area contributed by atoms with Gasteiger partial charge in [-0.05, 0) is 81.2 Å². The molecular formula is C30H42N3+. The van der Waals surface area contributed by atoms with Crippen molar-refractivity contribution < 1.29 is 4.81 Å². The highest BCUT2D eigenvalue weighted by molar-refractivity contribution is 5.55. The van der Waals surface area contributed by atoms with Gasteiger partial charge in [-0.2, -0.15) is 0 Å². The second kappa shape index (κ2) is 10.5. The molecule has 33 heavy (non-hydrogen) atoms. The third-order valence-electron chi connectivity index (χ3n) is 7.16. The predicted octanol–water partition coefficient (Wildman–Crippen LogP) is 8.67. The van der Waals surface area contributed by atoms with E-state index in [0.29, 0.717) is 11.8 Å². The number of benzene rings is 2. The summed E-state index contributed by atoms with van der Waals surface area (Å²) in [5.74, 6) is 0.923. The van der Waals surface area contributed by atoms with Crippen molar-refractivity contribution in [3.63, 3.8) is 0 Å². The standard InChI is InChI=1S/C30H42N3/c1-9-22(3)27-17-14-18-28(23(4)10-2)29(27)31-32(33-24(5)19-20-25(33)6)21-30(7,8)26-15-12-11-13-16-26/h11-20,22-23H,9-10,21H2,1-8H3/q+1. The lowest BCUT2D eigenvalue weighted by atomic mass is 9.85. The van der Waals surface area contributed by atoms with E-state index in [2.05, 4.69) is 126 Å². The summed E-state index contributed by atoms with van der Waals surface area (Å²) in [4.78, 5) is 2.21. The fourth-order valence-electron chi connectivity index (χ4n) is 4.56. The molecule has 0 saturated heterocycles. The molecule has 1 heterocycles. The van der Waals surface area contributed by atoms with Crippen LogP contribution in [-0.2, 0) is 5.41 Å². The number of hydrogen-bond acceptors (Lipinski definition) is 1. The van der Waals surface area contributed by atoms with Gasteiger partial charge in [-0.25, -0.2) is 0 Å². The molecule has 0 aliphatic heterocycles. The highest BCUT2D eigenvalue weighted by Crippen LogP contribution is 2.38. The normalized spacial score (nSPS) is 14.4. The first kappa shape index (κ1) is 25.0. The highest BCUT2D eigenvalue weighted by atomic mass is 15.6. The minimum absolute atomic E-state index is 0.0736. The molecule has 0 aliphatic rings. The van der Waals surface area contributed by atoms with Crippen molar-refractivity contribution in [3.8, 4) is 0 Å². The fraction of sp³-hybridized carbons (Fsp3) is 0.467. The van der Waals surface area contributed by atoms with E-state index in [1.807, 2.05) is 0 Å². The van der Waals surface area contributed by atoms with Crippen LogP contribution in [0.25, 0.3) is 0 Å². The van der Waals surface area contributed by atoms with E-state index >= 15 is 0 Å². The van der Waals surface area contributed by atoms with E-state index in [0.717, 1.165) is 25.1 Å². The van der Waals surface area contributed by atoms with Crippen LogP contribution in [0.15, 0.2) is 65.8 Å². The van der Waals surface area contributed by atoms with Crippen LogP contribution in [0.4, 0.5) is 5.69 Å². The topological polar surface area (TPSA) is 20.3 Å². The summed E-state index contributed by atoms with van der Waals surface area (Å²) < 4.78 is 2.28. The van der Waals surface area contributed by atoms with Crippen LogP contribution < -0.4 is 0 Å². The van der Waals surface area contributed by atoms with Gasteiger partial charge in [0, 0.05) is 9.92 Å². The molecule has 0 aliphatic carbocycles. The second-order valence-electron chi connectivity index (χ2n) is 10.2. The summed E-state index contributed by atoms with van der Waals surface area (Å²) in [5.41, 5.74) is 7.50. The van der Waals surface area contributed by atoms with E-state index in [4.69, 9.17) is 5.11 Å². The molecule has 0 N–H and O–H groups in total. The number of aryl methyl sites for hydroxylation is 2. The second-order valence-corrected chi connectivity index (χ2v) is 10.2. The number of azo groups is 1. The van der Waals surface area contributed by atoms with Gasteiger partial charge in [-0.15, -0.1) is 4.68 Å². The monoisotopic (exact) mass is 444 g/mol. The van der Waals surface area contributed by atoms with Gasteiger partial charge in [0.05, 0.1) is 16.8 Å². The van der Waals surface area contributed by atoms with Crippen molar-refractivity contribution >= 4 is 5.69 Å². The molecule has 2 atom stereocenters. The summed E-state index contributed by atoms with van der Waals surface area (Å²) >= 11 is 0. The lowest BCUT2D eigenvalue weighted by Crippen LogP contribution is -2.34. The number of nitrogens with zero attached hydrogens (tertiary/aromatic N) is 3. The highest BCUT2D eigenvalue weighted by Gasteiger charge is 2.31. The Morgan fingerprint density at radius 1 is 0.788 bits per heavy atom. The first-order chi connectivity index (χ1) is 15.7. The van der Waals surface area contributed by atoms with E-state index < -0.39 is 0 Å². The van der Waals surface area contributed by atoms with Gasteiger partial charge in [0.15, 0.2) is 0 Å². The van der Waals surface area contributed by atoms with E-state index in [9.17, 15) is 0 Å².